The Labute approximate surface area is 100 Å². The van der Waals surface area contributed by atoms with Gasteiger partial charge in [-0.25, -0.2) is 0 Å². The van der Waals surface area contributed by atoms with Gasteiger partial charge in [-0.3, -0.25) is 14.6 Å². The van der Waals surface area contributed by atoms with Crippen LogP contribution in [0.2, 0.25) is 0 Å². The first-order valence-corrected chi connectivity index (χ1v) is 4.90. The van der Waals surface area contributed by atoms with E-state index in [2.05, 4.69) is 10.3 Å². The van der Waals surface area contributed by atoms with Crippen molar-refractivity contribution in [1.29, 1.82) is 0 Å². The molecule has 1 rings (SSSR count). The number of rotatable bonds is 4. The number of aromatic nitrogens is 1. The second-order valence-corrected chi connectivity index (χ2v) is 3.32. The molecule has 0 saturated carbocycles. The maximum Gasteiger partial charge on any atom is 0.471 e. The fraction of sp³-hybridized carbons (Fsp3) is 0.300. The topological polar surface area (TPSA) is 71.1 Å². The minimum absolute atomic E-state index is 0.133. The highest BCUT2D eigenvalue weighted by molar-refractivity contribution is 5.87. The summed E-state index contributed by atoms with van der Waals surface area (Å²) in [5.74, 6) is -2.85. The van der Waals surface area contributed by atoms with Crippen LogP contribution in [0, 0.1) is 0 Å². The Morgan fingerprint density at radius 3 is 2.56 bits per heavy atom. The summed E-state index contributed by atoms with van der Waals surface area (Å²) in [5, 5.41) is 3.81. The van der Waals surface area contributed by atoms with E-state index in [9.17, 15) is 22.8 Å². The Bertz CT molecular complexity index is 420. The Kier molecular flexibility index (Phi) is 4.64. The predicted octanol–water partition coefficient (Wildman–Crippen LogP) is 0.376. The molecule has 1 aromatic rings. The molecule has 18 heavy (non-hydrogen) atoms. The number of amides is 2. The summed E-state index contributed by atoms with van der Waals surface area (Å²) < 4.78 is 35.4. The highest BCUT2D eigenvalue weighted by atomic mass is 19.4. The summed E-state index contributed by atoms with van der Waals surface area (Å²) in [6, 6.07) is 3.36. The van der Waals surface area contributed by atoms with Crippen molar-refractivity contribution >= 4 is 11.8 Å². The SMILES string of the molecule is O=C(CNC(=O)C(F)(F)F)NCc1cccnc1. The number of hydrogen-bond acceptors (Lipinski definition) is 3. The lowest BCUT2D eigenvalue weighted by Crippen LogP contribution is -2.42. The molecule has 0 aliphatic heterocycles. The van der Waals surface area contributed by atoms with Gasteiger partial charge < -0.3 is 10.6 Å². The van der Waals surface area contributed by atoms with E-state index >= 15 is 0 Å². The third-order valence-electron chi connectivity index (χ3n) is 1.88. The molecule has 0 fully saturated rings. The third kappa shape index (κ3) is 4.81. The number of alkyl halides is 3. The summed E-state index contributed by atoms with van der Waals surface area (Å²) >= 11 is 0. The van der Waals surface area contributed by atoms with Gasteiger partial charge in [-0.15, -0.1) is 0 Å². The number of halogens is 3. The molecular weight excluding hydrogens is 251 g/mol. The van der Waals surface area contributed by atoms with E-state index in [1.54, 1.807) is 18.3 Å². The Hall–Kier alpha value is -2.12. The number of nitrogens with one attached hydrogen (secondary N) is 2. The first kappa shape index (κ1) is 13.9. The maximum atomic E-state index is 11.8. The van der Waals surface area contributed by atoms with Crippen molar-refractivity contribution in [2.75, 3.05) is 6.54 Å². The number of pyridine rings is 1. The molecule has 5 nitrogen and oxygen atoms in total. The molecule has 0 bridgehead atoms. The number of hydrogen-bond donors (Lipinski definition) is 2. The molecule has 0 unspecified atom stereocenters. The van der Waals surface area contributed by atoms with Crippen LogP contribution in [0.1, 0.15) is 5.56 Å². The molecule has 1 aromatic heterocycles. The van der Waals surface area contributed by atoms with Crippen LogP contribution in [0.4, 0.5) is 13.2 Å². The second kappa shape index (κ2) is 5.99. The molecule has 1 heterocycles. The fourth-order valence-electron chi connectivity index (χ4n) is 1.03. The third-order valence-corrected chi connectivity index (χ3v) is 1.88. The van der Waals surface area contributed by atoms with Crippen LogP contribution >= 0.6 is 0 Å². The Morgan fingerprint density at radius 2 is 2.00 bits per heavy atom. The fourth-order valence-corrected chi connectivity index (χ4v) is 1.03. The van der Waals surface area contributed by atoms with Crippen LogP contribution in [0.15, 0.2) is 24.5 Å². The van der Waals surface area contributed by atoms with Crippen molar-refractivity contribution in [1.82, 2.24) is 15.6 Å². The summed E-state index contributed by atoms with van der Waals surface area (Å²) in [6.45, 7) is -0.590. The van der Waals surface area contributed by atoms with Crippen LogP contribution in [0.3, 0.4) is 0 Å². The van der Waals surface area contributed by atoms with Crippen molar-refractivity contribution in [3.63, 3.8) is 0 Å². The van der Waals surface area contributed by atoms with Gasteiger partial charge in [0.15, 0.2) is 0 Å². The molecule has 0 atom stereocenters. The van der Waals surface area contributed by atoms with Gasteiger partial charge in [-0.1, -0.05) is 6.07 Å². The zero-order valence-electron chi connectivity index (χ0n) is 9.12. The molecule has 0 aliphatic carbocycles. The van der Waals surface area contributed by atoms with E-state index in [1.165, 1.54) is 11.5 Å². The highest BCUT2D eigenvalue weighted by Crippen LogP contribution is 2.13. The van der Waals surface area contributed by atoms with Crippen LogP contribution in [0.5, 0.6) is 0 Å². The zero-order valence-corrected chi connectivity index (χ0v) is 9.12. The second-order valence-electron chi connectivity index (χ2n) is 3.32. The van der Waals surface area contributed by atoms with E-state index < -0.39 is 24.5 Å². The summed E-state index contributed by atoms with van der Waals surface area (Å²) in [7, 11) is 0. The van der Waals surface area contributed by atoms with E-state index in [-0.39, 0.29) is 6.54 Å². The van der Waals surface area contributed by atoms with E-state index in [0.717, 1.165) is 0 Å². The van der Waals surface area contributed by atoms with E-state index in [4.69, 9.17) is 0 Å². The number of carbonyl (C=O) groups excluding carboxylic acids is 2. The van der Waals surface area contributed by atoms with Gasteiger partial charge in [0.25, 0.3) is 0 Å². The number of nitrogens with zero attached hydrogens (tertiary/aromatic N) is 1. The molecule has 0 saturated heterocycles. The van der Waals surface area contributed by atoms with Crippen molar-refractivity contribution in [3.8, 4) is 0 Å². The summed E-state index contributed by atoms with van der Waals surface area (Å²) in [5.41, 5.74) is 0.702. The van der Waals surface area contributed by atoms with E-state index in [1.807, 2.05) is 0 Å². The standard InChI is InChI=1S/C10H10F3N3O2/c11-10(12,13)9(18)16-6-8(17)15-5-7-2-1-3-14-4-7/h1-4H,5-6H2,(H,15,17)(H,16,18). The molecule has 2 amide bonds. The van der Waals surface area contributed by atoms with Gasteiger partial charge in [0.05, 0.1) is 6.54 Å². The largest absolute Gasteiger partial charge is 0.471 e. The molecule has 2 N–H and O–H groups in total. The number of carbonyl (C=O) groups is 2. The quantitative estimate of drug-likeness (QED) is 0.823. The van der Waals surface area contributed by atoms with E-state index in [0.29, 0.717) is 5.56 Å². The van der Waals surface area contributed by atoms with Gasteiger partial charge in [-0.05, 0) is 11.6 Å². The van der Waals surface area contributed by atoms with Crippen molar-refractivity contribution in [2.45, 2.75) is 12.7 Å². The molecule has 0 spiro atoms. The van der Waals surface area contributed by atoms with Gasteiger partial charge in [0, 0.05) is 18.9 Å². The van der Waals surface area contributed by atoms with Crippen molar-refractivity contribution in [3.05, 3.63) is 30.1 Å². The van der Waals surface area contributed by atoms with Crippen LogP contribution in [-0.4, -0.2) is 29.5 Å². The average molecular weight is 261 g/mol. The first-order chi connectivity index (χ1) is 8.39. The van der Waals surface area contributed by atoms with Crippen molar-refractivity contribution < 1.29 is 22.8 Å². The minimum atomic E-state index is -4.98. The van der Waals surface area contributed by atoms with Crippen LogP contribution in [0.25, 0.3) is 0 Å². The molecular formula is C10H10F3N3O2. The highest BCUT2D eigenvalue weighted by Gasteiger charge is 2.38. The molecule has 8 heteroatoms. The van der Waals surface area contributed by atoms with Crippen LogP contribution < -0.4 is 10.6 Å². The minimum Gasteiger partial charge on any atom is -0.350 e. The lowest BCUT2D eigenvalue weighted by Gasteiger charge is -2.08. The van der Waals surface area contributed by atoms with Gasteiger partial charge >= 0.3 is 12.1 Å². The van der Waals surface area contributed by atoms with Gasteiger partial charge in [0.1, 0.15) is 0 Å². The molecule has 0 radical (unpaired) electrons. The van der Waals surface area contributed by atoms with Gasteiger partial charge in [-0.2, -0.15) is 13.2 Å². The summed E-state index contributed by atoms with van der Waals surface area (Å²) in [4.78, 5) is 25.4. The van der Waals surface area contributed by atoms with Crippen molar-refractivity contribution in [2.24, 2.45) is 0 Å². The average Bonchev–Trinajstić information content (AvgIpc) is 2.33. The normalized spacial score (nSPS) is 10.8. The Balaban J connectivity index is 2.29. The lowest BCUT2D eigenvalue weighted by molar-refractivity contribution is -0.173. The first-order valence-electron chi connectivity index (χ1n) is 4.90. The monoisotopic (exact) mass is 261 g/mol. The maximum absolute atomic E-state index is 11.8. The van der Waals surface area contributed by atoms with Gasteiger partial charge in [0.2, 0.25) is 5.91 Å². The molecule has 0 aromatic carbocycles. The predicted molar refractivity (Wildman–Crippen MR) is 55.1 cm³/mol. The molecule has 98 valence electrons. The zero-order chi connectivity index (χ0) is 13.6. The Morgan fingerprint density at radius 1 is 1.28 bits per heavy atom. The summed E-state index contributed by atoms with van der Waals surface area (Å²) in [6.07, 6.45) is -1.92. The lowest BCUT2D eigenvalue weighted by atomic mass is 10.3. The molecule has 0 aliphatic rings. The smallest absolute Gasteiger partial charge is 0.350 e. The van der Waals surface area contributed by atoms with Crippen LogP contribution in [-0.2, 0) is 16.1 Å².